The third-order valence-corrected chi connectivity index (χ3v) is 4.07. The standard InChI is InChI=1S/C8H13N3S2/c1-8(2)5-11(3-4-12-8)7-9-6-10-13-7/h6H,3-5H2,1-2H3. The maximum atomic E-state index is 4.23. The lowest BCUT2D eigenvalue weighted by Gasteiger charge is -2.37. The molecule has 0 aromatic carbocycles. The minimum absolute atomic E-state index is 0.351. The Bertz CT molecular complexity index is 271. The van der Waals surface area contributed by atoms with E-state index in [2.05, 4.69) is 28.1 Å². The zero-order valence-corrected chi connectivity index (χ0v) is 9.49. The summed E-state index contributed by atoms with van der Waals surface area (Å²) >= 11 is 3.52. The zero-order valence-electron chi connectivity index (χ0n) is 7.86. The van der Waals surface area contributed by atoms with Crippen molar-refractivity contribution in [3.63, 3.8) is 0 Å². The van der Waals surface area contributed by atoms with Gasteiger partial charge in [0.05, 0.1) is 0 Å². The van der Waals surface area contributed by atoms with Gasteiger partial charge in [-0.05, 0) is 13.8 Å². The molecule has 1 aromatic heterocycles. The van der Waals surface area contributed by atoms with Gasteiger partial charge in [-0.3, -0.25) is 0 Å². The van der Waals surface area contributed by atoms with Gasteiger partial charge in [-0.2, -0.15) is 16.1 Å². The Morgan fingerprint density at radius 1 is 1.54 bits per heavy atom. The summed E-state index contributed by atoms with van der Waals surface area (Å²) in [4.78, 5) is 6.56. The van der Waals surface area contributed by atoms with E-state index in [1.165, 1.54) is 17.3 Å². The molecule has 1 fully saturated rings. The van der Waals surface area contributed by atoms with E-state index < -0.39 is 0 Å². The Morgan fingerprint density at radius 2 is 2.38 bits per heavy atom. The molecule has 1 saturated heterocycles. The summed E-state index contributed by atoms with van der Waals surface area (Å²) in [6.07, 6.45) is 1.63. The molecule has 1 aromatic rings. The van der Waals surface area contributed by atoms with Crippen molar-refractivity contribution >= 4 is 28.4 Å². The first kappa shape index (κ1) is 9.27. The fourth-order valence-corrected chi connectivity index (χ4v) is 3.15. The molecule has 0 atom stereocenters. The van der Waals surface area contributed by atoms with Gasteiger partial charge in [0.15, 0.2) is 0 Å². The summed E-state index contributed by atoms with van der Waals surface area (Å²) in [5.41, 5.74) is 0. The van der Waals surface area contributed by atoms with Crippen molar-refractivity contribution in [2.75, 3.05) is 23.7 Å². The molecule has 0 saturated carbocycles. The number of thioether (sulfide) groups is 1. The molecule has 0 unspecified atom stereocenters. The number of rotatable bonds is 1. The minimum atomic E-state index is 0.351. The van der Waals surface area contributed by atoms with Crippen LogP contribution in [0.15, 0.2) is 6.33 Å². The van der Waals surface area contributed by atoms with E-state index in [4.69, 9.17) is 0 Å². The van der Waals surface area contributed by atoms with Gasteiger partial charge in [0.25, 0.3) is 0 Å². The van der Waals surface area contributed by atoms with Crippen molar-refractivity contribution in [2.24, 2.45) is 0 Å². The summed E-state index contributed by atoms with van der Waals surface area (Å²) < 4.78 is 4.38. The van der Waals surface area contributed by atoms with Gasteiger partial charge in [0.2, 0.25) is 5.13 Å². The molecule has 72 valence electrons. The molecule has 3 nitrogen and oxygen atoms in total. The summed E-state index contributed by atoms with van der Waals surface area (Å²) in [5.74, 6) is 1.19. The number of nitrogens with zero attached hydrogens (tertiary/aromatic N) is 3. The maximum absolute atomic E-state index is 4.23. The van der Waals surface area contributed by atoms with Crippen molar-refractivity contribution in [3.8, 4) is 0 Å². The Labute approximate surface area is 86.7 Å². The average Bonchev–Trinajstić information content (AvgIpc) is 2.53. The van der Waals surface area contributed by atoms with Crippen LogP contribution < -0.4 is 4.90 Å². The third kappa shape index (κ3) is 2.14. The van der Waals surface area contributed by atoms with E-state index >= 15 is 0 Å². The Hall–Kier alpha value is -0.290. The molecule has 13 heavy (non-hydrogen) atoms. The molecular weight excluding hydrogens is 202 g/mol. The topological polar surface area (TPSA) is 29.0 Å². The smallest absolute Gasteiger partial charge is 0.204 e. The Balaban J connectivity index is 2.09. The van der Waals surface area contributed by atoms with E-state index in [0.717, 1.165) is 18.2 Å². The van der Waals surface area contributed by atoms with Crippen LogP contribution in [0.4, 0.5) is 5.13 Å². The highest BCUT2D eigenvalue weighted by Gasteiger charge is 2.28. The SMILES string of the molecule is CC1(C)CN(c2ncns2)CCS1. The quantitative estimate of drug-likeness (QED) is 0.715. The van der Waals surface area contributed by atoms with E-state index in [1.807, 2.05) is 11.8 Å². The maximum Gasteiger partial charge on any atom is 0.204 e. The molecule has 2 rings (SSSR count). The second-order valence-electron chi connectivity index (χ2n) is 3.75. The van der Waals surface area contributed by atoms with E-state index in [1.54, 1.807) is 6.33 Å². The fourth-order valence-electron chi connectivity index (χ4n) is 1.49. The van der Waals surface area contributed by atoms with Gasteiger partial charge >= 0.3 is 0 Å². The van der Waals surface area contributed by atoms with Gasteiger partial charge in [0.1, 0.15) is 6.33 Å². The highest BCUT2D eigenvalue weighted by atomic mass is 32.2. The molecule has 0 N–H and O–H groups in total. The normalized spacial score (nSPS) is 21.8. The van der Waals surface area contributed by atoms with Crippen LogP contribution >= 0.6 is 23.3 Å². The molecule has 0 amide bonds. The number of hydrogen-bond acceptors (Lipinski definition) is 5. The molecule has 2 heterocycles. The molecule has 0 bridgehead atoms. The average molecular weight is 215 g/mol. The molecule has 0 aliphatic carbocycles. The van der Waals surface area contributed by atoms with Gasteiger partial charge in [-0.25, -0.2) is 4.98 Å². The van der Waals surface area contributed by atoms with Crippen molar-refractivity contribution < 1.29 is 0 Å². The van der Waals surface area contributed by atoms with Crippen LogP contribution in [0.1, 0.15) is 13.8 Å². The highest BCUT2D eigenvalue weighted by molar-refractivity contribution is 8.00. The second kappa shape index (κ2) is 3.46. The monoisotopic (exact) mass is 215 g/mol. The third-order valence-electron chi connectivity index (χ3n) is 2.05. The Morgan fingerprint density at radius 3 is 3.00 bits per heavy atom. The molecule has 1 aliphatic heterocycles. The summed E-state index contributed by atoms with van der Waals surface area (Å²) in [6.45, 7) is 6.74. The van der Waals surface area contributed by atoms with Gasteiger partial charge in [-0.15, -0.1) is 0 Å². The molecule has 1 aliphatic rings. The summed E-state index contributed by atoms with van der Waals surface area (Å²) in [7, 11) is 0. The second-order valence-corrected chi connectivity index (χ2v) is 6.31. The van der Waals surface area contributed by atoms with Crippen molar-refractivity contribution in [1.82, 2.24) is 9.36 Å². The number of aromatic nitrogens is 2. The van der Waals surface area contributed by atoms with E-state index in [-0.39, 0.29) is 0 Å². The highest BCUT2D eigenvalue weighted by Crippen LogP contribution is 2.32. The molecule has 5 heteroatoms. The predicted molar refractivity (Wildman–Crippen MR) is 58.7 cm³/mol. The lowest BCUT2D eigenvalue weighted by molar-refractivity contribution is 0.646. The fraction of sp³-hybridized carbons (Fsp3) is 0.750. The molecular formula is C8H13N3S2. The van der Waals surface area contributed by atoms with Crippen LogP contribution in [0, 0.1) is 0 Å². The van der Waals surface area contributed by atoms with Gasteiger partial charge in [-0.1, -0.05) is 0 Å². The van der Waals surface area contributed by atoms with Crippen molar-refractivity contribution in [2.45, 2.75) is 18.6 Å². The summed E-state index contributed by atoms with van der Waals surface area (Å²) in [5, 5.41) is 1.06. The first-order valence-electron chi connectivity index (χ1n) is 4.33. The predicted octanol–water partition coefficient (Wildman–Crippen LogP) is 1.87. The van der Waals surface area contributed by atoms with E-state index in [0.29, 0.717) is 4.75 Å². The van der Waals surface area contributed by atoms with Crippen LogP contribution in [-0.2, 0) is 0 Å². The lowest BCUT2D eigenvalue weighted by atomic mass is 10.2. The van der Waals surface area contributed by atoms with Crippen LogP contribution in [0.2, 0.25) is 0 Å². The number of hydrogen-bond donors (Lipinski definition) is 0. The molecule has 0 radical (unpaired) electrons. The van der Waals surface area contributed by atoms with Gasteiger partial charge < -0.3 is 4.90 Å². The minimum Gasteiger partial charge on any atom is -0.345 e. The van der Waals surface area contributed by atoms with Crippen LogP contribution in [0.3, 0.4) is 0 Å². The van der Waals surface area contributed by atoms with Crippen molar-refractivity contribution in [1.29, 1.82) is 0 Å². The number of anilines is 1. The van der Waals surface area contributed by atoms with E-state index in [9.17, 15) is 0 Å². The zero-order chi connectivity index (χ0) is 9.31. The van der Waals surface area contributed by atoms with Crippen LogP contribution in [0.25, 0.3) is 0 Å². The summed E-state index contributed by atoms with van der Waals surface area (Å²) in [6, 6.07) is 0. The lowest BCUT2D eigenvalue weighted by Crippen LogP contribution is -2.43. The molecule has 0 spiro atoms. The largest absolute Gasteiger partial charge is 0.345 e. The first-order chi connectivity index (χ1) is 6.17. The van der Waals surface area contributed by atoms with Crippen LogP contribution in [0.5, 0.6) is 0 Å². The van der Waals surface area contributed by atoms with Crippen molar-refractivity contribution in [3.05, 3.63) is 6.33 Å². The Kier molecular flexibility index (Phi) is 2.47. The van der Waals surface area contributed by atoms with Gasteiger partial charge in [0, 0.05) is 35.1 Å². The first-order valence-corrected chi connectivity index (χ1v) is 6.09. The van der Waals surface area contributed by atoms with Crippen LogP contribution in [-0.4, -0.2) is 32.9 Å².